The standard InChI is InChI=1S/C12H15FN2/c1-8(2)15-11(7-14)6-9-5-10(13)3-4-12(9)15/h3-6,8H,7,14H2,1-2H3. The maximum absolute atomic E-state index is 13.0. The van der Waals surface area contributed by atoms with Crippen LogP contribution >= 0.6 is 0 Å². The third-order valence-corrected chi connectivity index (χ3v) is 2.61. The Morgan fingerprint density at radius 1 is 1.33 bits per heavy atom. The molecule has 2 rings (SSSR count). The van der Waals surface area contributed by atoms with Gasteiger partial charge in [0.25, 0.3) is 0 Å². The zero-order chi connectivity index (χ0) is 11.0. The SMILES string of the molecule is CC(C)n1c(CN)cc2cc(F)ccc21. The lowest BCUT2D eigenvalue weighted by Crippen LogP contribution is -2.08. The number of nitrogens with two attached hydrogens (primary N) is 1. The van der Waals surface area contributed by atoms with Crippen LogP contribution in [0.15, 0.2) is 24.3 Å². The van der Waals surface area contributed by atoms with Gasteiger partial charge in [-0.25, -0.2) is 4.39 Å². The number of aromatic nitrogens is 1. The van der Waals surface area contributed by atoms with Crippen molar-refractivity contribution in [3.63, 3.8) is 0 Å². The maximum Gasteiger partial charge on any atom is 0.123 e. The first-order valence-corrected chi connectivity index (χ1v) is 5.13. The van der Waals surface area contributed by atoms with E-state index in [9.17, 15) is 4.39 Å². The zero-order valence-electron chi connectivity index (χ0n) is 9.00. The molecule has 80 valence electrons. The Morgan fingerprint density at radius 2 is 2.07 bits per heavy atom. The summed E-state index contributed by atoms with van der Waals surface area (Å²) in [5.41, 5.74) is 7.77. The van der Waals surface area contributed by atoms with Crippen LogP contribution in [0.25, 0.3) is 10.9 Å². The zero-order valence-corrected chi connectivity index (χ0v) is 9.00. The van der Waals surface area contributed by atoms with Gasteiger partial charge >= 0.3 is 0 Å². The molecule has 0 radical (unpaired) electrons. The van der Waals surface area contributed by atoms with Crippen molar-refractivity contribution in [2.45, 2.75) is 26.4 Å². The summed E-state index contributed by atoms with van der Waals surface area (Å²) in [4.78, 5) is 0. The average Bonchev–Trinajstić information content (AvgIpc) is 2.54. The summed E-state index contributed by atoms with van der Waals surface area (Å²) in [5, 5.41) is 0.921. The quantitative estimate of drug-likeness (QED) is 0.804. The molecule has 0 unspecified atom stereocenters. The number of hydrogen-bond acceptors (Lipinski definition) is 1. The molecule has 0 spiro atoms. The molecular formula is C12H15FN2. The summed E-state index contributed by atoms with van der Waals surface area (Å²) in [6.07, 6.45) is 0. The Balaban J connectivity index is 2.74. The molecule has 0 atom stereocenters. The highest BCUT2D eigenvalue weighted by atomic mass is 19.1. The van der Waals surface area contributed by atoms with E-state index in [1.165, 1.54) is 6.07 Å². The molecule has 0 aliphatic heterocycles. The van der Waals surface area contributed by atoms with E-state index >= 15 is 0 Å². The van der Waals surface area contributed by atoms with Crippen LogP contribution in [-0.4, -0.2) is 4.57 Å². The predicted molar refractivity (Wildman–Crippen MR) is 60.2 cm³/mol. The molecule has 0 fully saturated rings. The lowest BCUT2D eigenvalue weighted by atomic mass is 10.2. The molecule has 0 bridgehead atoms. The molecule has 0 amide bonds. The van der Waals surface area contributed by atoms with Gasteiger partial charge in [-0.1, -0.05) is 0 Å². The molecule has 0 saturated carbocycles. The molecule has 3 heteroatoms. The summed E-state index contributed by atoms with van der Waals surface area (Å²) in [7, 11) is 0. The lowest BCUT2D eigenvalue weighted by Gasteiger charge is -2.13. The van der Waals surface area contributed by atoms with Crippen LogP contribution in [0.5, 0.6) is 0 Å². The topological polar surface area (TPSA) is 30.9 Å². The second-order valence-corrected chi connectivity index (χ2v) is 4.01. The van der Waals surface area contributed by atoms with Gasteiger partial charge in [0.2, 0.25) is 0 Å². The number of rotatable bonds is 2. The van der Waals surface area contributed by atoms with E-state index in [1.54, 1.807) is 6.07 Å². The van der Waals surface area contributed by atoms with Crippen LogP contribution in [0.2, 0.25) is 0 Å². The van der Waals surface area contributed by atoms with E-state index in [2.05, 4.69) is 18.4 Å². The third-order valence-electron chi connectivity index (χ3n) is 2.61. The van der Waals surface area contributed by atoms with E-state index in [0.29, 0.717) is 12.6 Å². The molecule has 1 aromatic heterocycles. The Bertz CT molecular complexity index is 486. The van der Waals surface area contributed by atoms with Crippen molar-refractivity contribution >= 4 is 10.9 Å². The lowest BCUT2D eigenvalue weighted by molar-refractivity contribution is 0.594. The molecule has 2 aromatic rings. The molecule has 2 nitrogen and oxygen atoms in total. The highest BCUT2D eigenvalue weighted by Crippen LogP contribution is 2.24. The smallest absolute Gasteiger partial charge is 0.123 e. The van der Waals surface area contributed by atoms with Gasteiger partial charge in [-0.05, 0) is 38.1 Å². The molecular weight excluding hydrogens is 191 g/mol. The Hall–Kier alpha value is -1.35. The fraction of sp³-hybridized carbons (Fsp3) is 0.333. The summed E-state index contributed by atoms with van der Waals surface area (Å²) in [6, 6.07) is 7.14. The maximum atomic E-state index is 13.0. The summed E-state index contributed by atoms with van der Waals surface area (Å²) < 4.78 is 15.2. The third kappa shape index (κ3) is 1.63. The van der Waals surface area contributed by atoms with E-state index < -0.39 is 0 Å². The Morgan fingerprint density at radius 3 is 2.67 bits per heavy atom. The van der Waals surface area contributed by atoms with Crippen molar-refractivity contribution in [1.82, 2.24) is 4.57 Å². The molecule has 0 saturated heterocycles. The highest BCUT2D eigenvalue weighted by Gasteiger charge is 2.10. The molecule has 15 heavy (non-hydrogen) atoms. The van der Waals surface area contributed by atoms with Gasteiger partial charge in [0.1, 0.15) is 5.82 Å². The van der Waals surface area contributed by atoms with Gasteiger partial charge < -0.3 is 10.3 Å². The molecule has 1 heterocycles. The highest BCUT2D eigenvalue weighted by molar-refractivity contribution is 5.81. The van der Waals surface area contributed by atoms with Crippen LogP contribution in [0.3, 0.4) is 0 Å². The largest absolute Gasteiger partial charge is 0.341 e. The van der Waals surface area contributed by atoms with Crippen molar-refractivity contribution in [2.75, 3.05) is 0 Å². The van der Waals surface area contributed by atoms with E-state index in [-0.39, 0.29) is 5.82 Å². The van der Waals surface area contributed by atoms with Crippen LogP contribution in [0, 0.1) is 5.82 Å². The summed E-state index contributed by atoms with van der Waals surface area (Å²) >= 11 is 0. The monoisotopic (exact) mass is 206 g/mol. The molecule has 2 N–H and O–H groups in total. The van der Waals surface area contributed by atoms with Crippen LogP contribution in [0.4, 0.5) is 4.39 Å². The van der Waals surface area contributed by atoms with Crippen molar-refractivity contribution in [1.29, 1.82) is 0 Å². The number of hydrogen-bond donors (Lipinski definition) is 1. The Labute approximate surface area is 88.5 Å². The van der Waals surface area contributed by atoms with E-state index in [4.69, 9.17) is 5.73 Å². The number of fused-ring (bicyclic) bond motifs is 1. The Kier molecular flexibility index (Phi) is 2.49. The minimum atomic E-state index is -0.202. The second-order valence-electron chi connectivity index (χ2n) is 4.01. The summed E-state index contributed by atoms with van der Waals surface area (Å²) in [6.45, 7) is 4.68. The summed E-state index contributed by atoms with van der Waals surface area (Å²) in [5.74, 6) is -0.202. The second kappa shape index (κ2) is 3.66. The van der Waals surface area contributed by atoms with Gasteiger partial charge in [0, 0.05) is 29.2 Å². The predicted octanol–water partition coefficient (Wildman–Crippen LogP) is 2.82. The van der Waals surface area contributed by atoms with Gasteiger partial charge in [0.05, 0.1) is 0 Å². The van der Waals surface area contributed by atoms with E-state index in [0.717, 1.165) is 16.6 Å². The first-order chi connectivity index (χ1) is 7.13. The fourth-order valence-corrected chi connectivity index (χ4v) is 2.03. The van der Waals surface area contributed by atoms with Gasteiger partial charge in [0.15, 0.2) is 0 Å². The van der Waals surface area contributed by atoms with Crippen LogP contribution in [0.1, 0.15) is 25.6 Å². The first kappa shape index (κ1) is 10.2. The van der Waals surface area contributed by atoms with Gasteiger partial charge in [-0.15, -0.1) is 0 Å². The van der Waals surface area contributed by atoms with Crippen molar-refractivity contribution in [3.05, 3.63) is 35.8 Å². The molecule has 0 aliphatic rings. The number of halogens is 1. The minimum absolute atomic E-state index is 0.202. The van der Waals surface area contributed by atoms with Crippen molar-refractivity contribution < 1.29 is 4.39 Å². The normalized spacial score (nSPS) is 11.5. The fourth-order valence-electron chi connectivity index (χ4n) is 2.03. The van der Waals surface area contributed by atoms with Crippen molar-refractivity contribution in [3.8, 4) is 0 Å². The van der Waals surface area contributed by atoms with Gasteiger partial charge in [-0.3, -0.25) is 0 Å². The van der Waals surface area contributed by atoms with Crippen LogP contribution in [-0.2, 0) is 6.54 Å². The first-order valence-electron chi connectivity index (χ1n) is 5.13. The number of benzene rings is 1. The molecule has 0 aliphatic carbocycles. The van der Waals surface area contributed by atoms with Crippen LogP contribution < -0.4 is 5.73 Å². The van der Waals surface area contributed by atoms with Crippen molar-refractivity contribution in [2.24, 2.45) is 5.73 Å². The average molecular weight is 206 g/mol. The number of nitrogens with zero attached hydrogens (tertiary/aromatic N) is 1. The molecule has 1 aromatic carbocycles. The van der Waals surface area contributed by atoms with Gasteiger partial charge in [-0.2, -0.15) is 0 Å². The minimum Gasteiger partial charge on any atom is -0.341 e. The van der Waals surface area contributed by atoms with E-state index in [1.807, 2.05) is 12.1 Å².